The molecule has 0 atom stereocenters. The number of pyridine rings is 2. The van der Waals surface area contributed by atoms with Gasteiger partial charge in [-0.1, -0.05) is 6.07 Å². The number of rotatable bonds is 4. The zero-order valence-electron chi connectivity index (χ0n) is 12.6. The van der Waals surface area contributed by atoms with E-state index in [1.807, 2.05) is 25.1 Å². The van der Waals surface area contributed by atoms with E-state index < -0.39 is 0 Å². The fraction of sp³-hybridized carbons (Fsp3) is 0.125. The molecule has 0 aliphatic heterocycles. The molecule has 1 amide bonds. The highest BCUT2D eigenvalue weighted by atomic mass is 32.1. The van der Waals surface area contributed by atoms with Gasteiger partial charge in [0, 0.05) is 12.3 Å². The van der Waals surface area contributed by atoms with Gasteiger partial charge in [-0.25, -0.2) is 9.97 Å². The standard InChI is InChI=1S/C16H14N4O2S/c1-10-14(23-16(19-10)12-5-3-4-8-17-12)15(21)20-11-6-7-13(22-2)18-9-11/h3-9H,1-2H3,(H,20,21). The molecule has 7 heteroatoms. The van der Waals surface area contributed by atoms with Gasteiger partial charge >= 0.3 is 0 Å². The molecule has 0 unspecified atom stereocenters. The highest BCUT2D eigenvalue weighted by Gasteiger charge is 2.17. The number of amides is 1. The Bertz CT molecular complexity index is 816. The number of aryl methyl sites for hydroxylation is 1. The minimum Gasteiger partial charge on any atom is -0.481 e. The second-order valence-corrected chi connectivity index (χ2v) is 5.69. The van der Waals surface area contributed by atoms with Crippen LogP contribution in [0.25, 0.3) is 10.7 Å². The molecule has 0 aliphatic carbocycles. The number of hydrogen-bond donors (Lipinski definition) is 1. The highest BCUT2D eigenvalue weighted by molar-refractivity contribution is 7.17. The van der Waals surface area contributed by atoms with E-state index in [-0.39, 0.29) is 5.91 Å². The quantitative estimate of drug-likeness (QED) is 0.797. The van der Waals surface area contributed by atoms with E-state index in [4.69, 9.17) is 4.74 Å². The van der Waals surface area contributed by atoms with Crippen molar-refractivity contribution >= 4 is 22.9 Å². The van der Waals surface area contributed by atoms with Gasteiger partial charge in [0.1, 0.15) is 9.88 Å². The van der Waals surface area contributed by atoms with Gasteiger partial charge in [-0.15, -0.1) is 11.3 Å². The molecule has 1 N–H and O–H groups in total. The van der Waals surface area contributed by atoms with Crippen LogP contribution in [0.4, 0.5) is 5.69 Å². The van der Waals surface area contributed by atoms with E-state index >= 15 is 0 Å². The molecule has 0 bridgehead atoms. The van der Waals surface area contributed by atoms with E-state index in [1.54, 1.807) is 31.6 Å². The SMILES string of the molecule is COc1ccc(NC(=O)c2sc(-c3ccccn3)nc2C)cn1. The third-order valence-corrected chi connectivity index (χ3v) is 4.27. The summed E-state index contributed by atoms with van der Waals surface area (Å²) in [4.78, 5) is 25.7. The van der Waals surface area contributed by atoms with Crippen molar-refractivity contribution in [1.29, 1.82) is 0 Å². The molecular weight excluding hydrogens is 312 g/mol. The maximum atomic E-state index is 12.4. The summed E-state index contributed by atoms with van der Waals surface area (Å²) in [6.45, 7) is 1.81. The normalized spacial score (nSPS) is 10.3. The number of hydrogen-bond acceptors (Lipinski definition) is 6. The Morgan fingerprint density at radius 2 is 2.09 bits per heavy atom. The Labute approximate surface area is 137 Å². The maximum absolute atomic E-state index is 12.4. The Kier molecular flexibility index (Phi) is 4.29. The minimum atomic E-state index is -0.214. The molecule has 0 aromatic carbocycles. The second kappa shape index (κ2) is 6.53. The van der Waals surface area contributed by atoms with E-state index in [0.717, 1.165) is 10.7 Å². The van der Waals surface area contributed by atoms with Crippen LogP contribution >= 0.6 is 11.3 Å². The maximum Gasteiger partial charge on any atom is 0.267 e. The number of methoxy groups -OCH3 is 1. The van der Waals surface area contributed by atoms with Gasteiger partial charge in [-0.3, -0.25) is 9.78 Å². The predicted molar refractivity (Wildman–Crippen MR) is 88.8 cm³/mol. The molecule has 116 valence electrons. The summed E-state index contributed by atoms with van der Waals surface area (Å²) >= 11 is 1.32. The van der Waals surface area contributed by atoms with Crippen LogP contribution in [0.2, 0.25) is 0 Å². The van der Waals surface area contributed by atoms with Gasteiger partial charge in [0.15, 0.2) is 0 Å². The third-order valence-electron chi connectivity index (χ3n) is 3.09. The molecule has 3 aromatic rings. The fourth-order valence-electron chi connectivity index (χ4n) is 1.97. The van der Waals surface area contributed by atoms with Gasteiger partial charge in [0.05, 0.1) is 30.4 Å². The summed E-state index contributed by atoms with van der Waals surface area (Å²) in [7, 11) is 1.54. The van der Waals surface area contributed by atoms with Crippen LogP contribution in [0, 0.1) is 6.92 Å². The van der Waals surface area contributed by atoms with Gasteiger partial charge in [0.2, 0.25) is 5.88 Å². The van der Waals surface area contributed by atoms with Crippen molar-refractivity contribution in [3.8, 4) is 16.6 Å². The van der Waals surface area contributed by atoms with Gasteiger partial charge < -0.3 is 10.1 Å². The number of carbonyl (C=O) groups is 1. The lowest BCUT2D eigenvalue weighted by Gasteiger charge is -2.04. The Morgan fingerprint density at radius 3 is 2.74 bits per heavy atom. The molecule has 0 radical (unpaired) electrons. The average molecular weight is 326 g/mol. The predicted octanol–water partition coefficient (Wildman–Crippen LogP) is 3.17. The summed E-state index contributed by atoms with van der Waals surface area (Å²) in [5.74, 6) is 0.281. The van der Waals surface area contributed by atoms with Crippen molar-refractivity contribution < 1.29 is 9.53 Å². The molecule has 0 spiro atoms. The third kappa shape index (κ3) is 3.35. The first-order chi connectivity index (χ1) is 11.2. The molecule has 0 aliphatic rings. The van der Waals surface area contributed by atoms with Crippen molar-refractivity contribution in [2.24, 2.45) is 0 Å². The molecule has 3 rings (SSSR count). The van der Waals surface area contributed by atoms with Gasteiger partial charge in [-0.05, 0) is 25.1 Å². The van der Waals surface area contributed by atoms with Crippen molar-refractivity contribution in [2.45, 2.75) is 6.92 Å². The lowest BCUT2D eigenvalue weighted by atomic mass is 10.3. The molecule has 0 saturated carbocycles. The van der Waals surface area contributed by atoms with Crippen LogP contribution in [-0.4, -0.2) is 28.0 Å². The smallest absolute Gasteiger partial charge is 0.267 e. The lowest BCUT2D eigenvalue weighted by molar-refractivity contribution is 0.102. The molecule has 3 heterocycles. The summed E-state index contributed by atoms with van der Waals surface area (Å²) < 4.78 is 4.99. The van der Waals surface area contributed by atoms with Crippen molar-refractivity contribution in [1.82, 2.24) is 15.0 Å². The number of carbonyl (C=O) groups excluding carboxylic acids is 1. The largest absolute Gasteiger partial charge is 0.481 e. The molecule has 0 fully saturated rings. The van der Waals surface area contributed by atoms with Gasteiger partial charge in [0.25, 0.3) is 5.91 Å². The molecule has 0 saturated heterocycles. The number of aromatic nitrogens is 3. The second-order valence-electron chi connectivity index (χ2n) is 4.69. The van der Waals surface area contributed by atoms with Crippen molar-refractivity contribution in [2.75, 3.05) is 12.4 Å². The summed E-state index contributed by atoms with van der Waals surface area (Å²) in [6.07, 6.45) is 3.25. The van der Waals surface area contributed by atoms with Gasteiger partial charge in [-0.2, -0.15) is 0 Å². The Morgan fingerprint density at radius 1 is 1.22 bits per heavy atom. The Hall–Kier alpha value is -2.80. The van der Waals surface area contributed by atoms with Crippen LogP contribution in [0.5, 0.6) is 5.88 Å². The number of ether oxygens (including phenoxy) is 1. The monoisotopic (exact) mass is 326 g/mol. The first-order valence-corrected chi connectivity index (χ1v) is 7.69. The van der Waals surface area contributed by atoms with Crippen LogP contribution in [-0.2, 0) is 0 Å². The average Bonchev–Trinajstić information content (AvgIpc) is 2.98. The summed E-state index contributed by atoms with van der Waals surface area (Å²) in [6, 6.07) is 9.03. The lowest BCUT2D eigenvalue weighted by Crippen LogP contribution is -2.11. The van der Waals surface area contributed by atoms with E-state index in [2.05, 4.69) is 20.3 Å². The molecule has 6 nitrogen and oxygen atoms in total. The zero-order valence-corrected chi connectivity index (χ0v) is 13.4. The first-order valence-electron chi connectivity index (χ1n) is 6.87. The Balaban J connectivity index is 1.81. The highest BCUT2D eigenvalue weighted by Crippen LogP contribution is 2.27. The van der Waals surface area contributed by atoms with Crippen LogP contribution in [0.15, 0.2) is 42.7 Å². The number of thiazole rings is 1. The summed E-state index contributed by atoms with van der Waals surface area (Å²) in [5.41, 5.74) is 2.03. The van der Waals surface area contributed by atoms with E-state index in [0.29, 0.717) is 22.1 Å². The van der Waals surface area contributed by atoms with E-state index in [9.17, 15) is 4.79 Å². The summed E-state index contributed by atoms with van der Waals surface area (Å²) in [5, 5.41) is 3.53. The van der Waals surface area contributed by atoms with Crippen molar-refractivity contribution in [3.05, 3.63) is 53.3 Å². The number of nitrogens with zero attached hydrogens (tertiary/aromatic N) is 3. The first kappa shape index (κ1) is 15.1. The van der Waals surface area contributed by atoms with Crippen LogP contribution in [0.1, 0.15) is 15.4 Å². The van der Waals surface area contributed by atoms with E-state index in [1.165, 1.54) is 11.3 Å². The minimum absolute atomic E-state index is 0.214. The topological polar surface area (TPSA) is 77.0 Å². The number of anilines is 1. The zero-order chi connectivity index (χ0) is 16.2. The number of nitrogens with one attached hydrogen (secondary N) is 1. The van der Waals surface area contributed by atoms with Crippen LogP contribution < -0.4 is 10.1 Å². The fourth-order valence-corrected chi connectivity index (χ4v) is 2.91. The van der Waals surface area contributed by atoms with Crippen LogP contribution in [0.3, 0.4) is 0 Å². The molecule has 3 aromatic heterocycles. The molecular formula is C16H14N4O2S. The molecule has 23 heavy (non-hydrogen) atoms. The van der Waals surface area contributed by atoms with Crippen molar-refractivity contribution in [3.63, 3.8) is 0 Å².